The fraction of sp³-hybridized carbons (Fsp3) is 0.154. The van der Waals surface area contributed by atoms with Gasteiger partial charge in [-0.2, -0.15) is 4.72 Å². The third kappa shape index (κ3) is 5.78. The second kappa shape index (κ2) is 11.0. The predicted octanol–water partition coefficient (Wildman–Crippen LogP) is 4.36. The van der Waals surface area contributed by atoms with Crippen molar-refractivity contribution in [1.82, 2.24) is 14.3 Å². The van der Waals surface area contributed by atoms with Crippen LogP contribution in [0.25, 0.3) is 11.1 Å². The third-order valence-electron chi connectivity index (χ3n) is 5.58. The zero-order valence-corrected chi connectivity index (χ0v) is 21.2. The molecule has 0 fully saturated rings. The molecule has 36 heavy (non-hydrogen) atoms. The van der Waals surface area contributed by atoms with Gasteiger partial charge in [0.2, 0.25) is 10.0 Å². The number of carbonyl (C=O) groups is 1. The summed E-state index contributed by atoms with van der Waals surface area (Å²) in [5, 5.41) is 9.87. The number of nitrogens with one attached hydrogen (secondary N) is 1. The van der Waals surface area contributed by atoms with Crippen molar-refractivity contribution in [2.45, 2.75) is 21.3 Å². The Balaban J connectivity index is 1.62. The van der Waals surface area contributed by atoms with Gasteiger partial charge in [-0.25, -0.2) is 13.4 Å². The standard InChI is InChI=1S/C26H25N3O5S2/c1-29-17-16-27-26(29)35-24(20-6-4-3-5-7-20)23(25(30)31)28-36(32,33)22-14-10-19(11-15-22)18-8-12-21(34-2)13-9-18/h3-17,23-24,28H,1-2H3,(H,30,31)/t23-,24-/m1/s1. The number of aliphatic carboxylic acids is 1. The molecule has 0 aliphatic carbocycles. The Bertz CT molecular complexity index is 1420. The highest BCUT2D eigenvalue weighted by Crippen LogP contribution is 2.37. The summed E-state index contributed by atoms with van der Waals surface area (Å²) in [5.41, 5.74) is 2.38. The van der Waals surface area contributed by atoms with Crippen LogP contribution in [0.5, 0.6) is 5.75 Å². The van der Waals surface area contributed by atoms with Crippen LogP contribution in [-0.4, -0.2) is 42.2 Å². The minimum Gasteiger partial charge on any atom is -0.497 e. The molecule has 0 bridgehead atoms. The number of aromatic nitrogens is 2. The Morgan fingerprint density at radius 3 is 2.14 bits per heavy atom. The van der Waals surface area contributed by atoms with Crippen LogP contribution in [0.2, 0.25) is 0 Å². The van der Waals surface area contributed by atoms with Gasteiger partial charge in [0.25, 0.3) is 0 Å². The van der Waals surface area contributed by atoms with Gasteiger partial charge >= 0.3 is 5.97 Å². The van der Waals surface area contributed by atoms with Crippen LogP contribution >= 0.6 is 11.8 Å². The molecule has 0 radical (unpaired) electrons. The molecule has 4 rings (SSSR count). The number of carboxylic acid groups (broad SMARTS) is 1. The summed E-state index contributed by atoms with van der Waals surface area (Å²) < 4.78 is 35.9. The van der Waals surface area contributed by atoms with E-state index in [9.17, 15) is 18.3 Å². The zero-order chi connectivity index (χ0) is 25.7. The van der Waals surface area contributed by atoms with E-state index in [2.05, 4.69) is 9.71 Å². The summed E-state index contributed by atoms with van der Waals surface area (Å²) in [5.74, 6) is -0.567. The number of hydrogen-bond donors (Lipinski definition) is 2. The van der Waals surface area contributed by atoms with Crippen LogP contribution in [0.3, 0.4) is 0 Å². The quantitative estimate of drug-likeness (QED) is 0.297. The van der Waals surface area contributed by atoms with E-state index in [1.807, 2.05) is 30.3 Å². The number of methoxy groups -OCH3 is 1. The first-order valence-electron chi connectivity index (χ1n) is 11.0. The first-order valence-corrected chi connectivity index (χ1v) is 13.3. The van der Waals surface area contributed by atoms with Gasteiger partial charge in [0.1, 0.15) is 11.8 Å². The molecular weight excluding hydrogens is 498 g/mol. The molecule has 1 aromatic heterocycles. The number of ether oxygens (including phenoxy) is 1. The topological polar surface area (TPSA) is 111 Å². The molecule has 0 aliphatic rings. The summed E-state index contributed by atoms with van der Waals surface area (Å²) in [6, 6.07) is 21.2. The number of carboxylic acids is 1. The van der Waals surface area contributed by atoms with E-state index >= 15 is 0 Å². The van der Waals surface area contributed by atoms with Crippen molar-refractivity contribution in [3.8, 4) is 16.9 Å². The highest BCUT2D eigenvalue weighted by Gasteiger charge is 2.35. The molecule has 0 unspecified atom stereocenters. The molecule has 186 valence electrons. The number of benzene rings is 3. The van der Waals surface area contributed by atoms with E-state index in [1.165, 1.54) is 23.9 Å². The number of rotatable bonds is 10. The molecule has 0 aliphatic heterocycles. The fourth-order valence-corrected chi connectivity index (χ4v) is 6.11. The molecule has 1 heterocycles. The van der Waals surface area contributed by atoms with Gasteiger partial charge in [-0.15, -0.1) is 0 Å². The van der Waals surface area contributed by atoms with Crippen LogP contribution < -0.4 is 9.46 Å². The lowest BCUT2D eigenvalue weighted by Gasteiger charge is -2.24. The van der Waals surface area contributed by atoms with Crippen molar-refractivity contribution in [2.75, 3.05) is 7.11 Å². The number of imidazole rings is 1. The van der Waals surface area contributed by atoms with Crippen LogP contribution in [0.1, 0.15) is 10.8 Å². The van der Waals surface area contributed by atoms with Crippen molar-refractivity contribution in [3.05, 3.63) is 96.8 Å². The maximum Gasteiger partial charge on any atom is 0.323 e. The highest BCUT2D eigenvalue weighted by molar-refractivity contribution is 7.99. The van der Waals surface area contributed by atoms with E-state index < -0.39 is 27.3 Å². The minimum atomic E-state index is -4.15. The van der Waals surface area contributed by atoms with Gasteiger partial charge in [-0.1, -0.05) is 66.4 Å². The van der Waals surface area contributed by atoms with Crippen molar-refractivity contribution in [1.29, 1.82) is 0 Å². The lowest BCUT2D eigenvalue weighted by atomic mass is 10.1. The summed E-state index contributed by atoms with van der Waals surface area (Å²) in [6.07, 6.45) is 3.35. The van der Waals surface area contributed by atoms with Crippen molar-refractivity contribution >= 4 is 27.8 Å². The highest BCUT2D eigenvalue weighted by atomic mass is 32.2. The van der Waals surface area contributed by atoms with Crippen molar-refractivity contribution in [2.24, 2.45) is 7.05 Å². The smallest absolute Gasteiger partial charge is 0.323 e. The van der Waals surface area contributed by atoms with E-state index in [0.29, 0.717) is 10.7 Å². The maximum absolute atomic E-state index is 13.3. The van der Waals surface area contributed by atoms with Crippen molar-refractivity contribution in [3.63, 3.8) is 0 Å². The molecule has 2 N–H and O–H groups in total. The van der Waals surface area contributed by atoms with E-state index in [1.54, 1.807) is 67.5 Å². The van der Waals surface area contributed by atoms with Crippen LogP contribution in [-0.2, 0) is 21.9 Å². The number of hydrogen-bond acceptors (Lipinski definition) is 6. The summed E-state index contributed by atoms with van der Waals surface area (Å²) >= 11 is 1.18. The van der Waals surface area contributed by atoms with E-state index in [0.717, 1.165) is 16.9 Å². The van der Waals surface area contributed by atoms with Gasteiger partial charge < -0.3 is 14.4 Å². The molecule has 0 saturated carbocycles. The Morgan fingerprint density at radius 2 is 1.61 bits per heavy atom. The monoisotopic (exact) mass is 523 g/mol. The number of aryl methyl sites for hydroxylation is 1. The van der Waals surface area contributed by atoms with E-state index in [4.69, 9.17) is 4.74 Å². The average Bonchev–Trinajstić information content (AvgIpc) is 3.30. The second-order valence-electron chi connectivity index (χ2n) is 7.96. The van der Waals surface area contributed by atoms with Gasteiger partial charge in [0.05, 0.1) is 17.3 Å². The van der Waals surface area contributed by atoms with Gasteiger partial charge in [0.15, 0.2) is 5.16 Å². The molecule has 10 heteroatoms. The molecule has 2 atom stereocenters. The molecule has 3 aromatic carbocycles. The van der Waals surface area contributed by atoms with Gasteiger partial charge in [0, 0.05) is 19.4 Å². The van der Waals surface area contributed by atoms with Crippen LogP contribution in [0, 0.1) is 0 Å². The number of nitrogens with zero attached hydrogens (tertiary/aromatic N) is 2. The van der Waals surface area contributed by atoms with Gasteiger partial charge in [-0.05, 0) is 41.0 Å². The van der Waals surface area contributed by atoms with Gasteiger partial charge in [-0.3, -0.25) is 4.79 Å². The predicted molar refractivity (Wildman–Crippen MR) is 138 cm³/mol. The normalized spacial score (nSPS) is 13.2. The Hall–Kier alpha value is -3.60. The molecule has 0 spiro atoms. The Labute approximate surface area is 214 Å². The molecule has 0 saturated heterocycles. The first-order chi connectivity index (χ1) is 17.3. The maximum atomic E-state index is 13.3. The molecule has 4 aromatic rings. The average molecular weight is 524 g/mol. The zero-order valence-electron chi connectivity index (χ0n) is 19.6. The summed E-state index contributed by atoms with van der Waals surface area (Å²) in [4.78, 5) is 16.6. The summed E-state index contributed by atoms with van der Waals surface area (Å²) in [7, 11) is -0.768. The molecule has 0 amide bonds. The third-order valence-corrected chi connectivity index (χ3v) is 8.44. The molecule has 8 nitrogen and oxygen atoms in total. The second-order valence-corrected chi connectivity index (χ2v) is 10.8. The lowest BCUT2D eigenvalue weighted by molar-refractivity contribution is -0.139. The lowest BCUT2D eigenvalue weighted by Crippen LogP contribution is -2.44. The number of sulfonamides is 1. The Kier molecular flexibility index (Phi) is 7.78. The first kappa shape index (κ1) is 25.5. The van der Waals surface area contributed by atoms with Crippen LogP contribution in [0.4, 0.5) is 0 Å². The van der Waals surface area contributed by atoms with Crippen molar-refractivity contribution < 1.29 is 23.1 Å². The largest absolute Gasteiger partial charge is 0.497 e. The SMILES string of the molecule is COc1ccc(-c2ccc(S(=O)(=O)N[C@@H](C(=O)O)[C@H](Sc3nccn3C)c3ccccc3)cc2)cc1. The summed E-state index contributed by atoms with van der Waals surface area (Å²) in [6.45, 7) is 0. The van der Waals surface area contributed by atoms with Crippen LogP contribution in [0.15, 0.2) is 101 Å². The molecular formula is C26H25N3O5S2. The number of thioether (sulfide) groups is 1. The van der Waals surface area contributed by atoms with E-state index in [-0.39, 0.29) is 4.90 Å². The fourth-order valence-electron chi connectivity index (χ4n) is 3.64. The Morgan fingerprint density at radius 1 is 1.00 bits per heavy atom. The minimum absolute atomic E-state index is 0.0279.